The molecule has 0 spiro atoms. The molecule has 0 radical (unpaired) electrons. The number of aromatic nitrogens is 4. The topological polar surface area (TPSA) is 115 Å². The van der Waals surface area contributed by atoms with Crippen LogP contribution in [0.25, 0.3) is 11.5 Å². The zero-order chi connectivity index (χ0) is 21.1. The first kappa shape index (κ1) is 19.8. The molecule has 2 aromatic heterocycles. The van der Waals surface area contributed by atoms with E-state index in [0.717, 1.165) is 37.2 Å². The summed E-state index contributed by atoms with van der Waals surface area (Å²) in [6.45, 7) is 2.26. The van der Waals surface area contributed by atoms with Crippen molar-refractivity contribution >= 4 is 5.91 Å². The number of nitrogens with zero attached hydrogens (tertiary/aromatic N) is 6. The SMILES string of the molecule is CN(C)C(=O)c1cn[nH]c1C1CCCN(Cc2nnc(-c3ccc(C#N)cc3)o2)C1. The number of hydrogen-bond acceptors (Lipinski definition) is 7. The highest BCUT2D eigenvalue weighted by Crippen LogP contribution is 2.29. The fourth-order valence-corrected chi connectivity index (χ4v) is 3.77. The van der Waals surface area contributed by atoms with E-state index in [2.05, 4.69) is 31.4 Å². The predicted octanol–water partition coefficient (Wildman–Crippen LogP) is 2.41. The Morgan fingerprint density at radius 2 is 2.13 bits per heavy atom. The van der Waals surface area contributed by atoms with Gasteiger partial charge in [-0.2, -0.15) is 10.4 Å². The number of carbonyl (C=O) groups excluding carboxylic acids is 1. The number of likely N-dealkylation sites (tertiary alicyclic amines) is 1. The van der Waals surface area contributed by atoms with Crippen LogP contribution in [-0.2, 0) is 6.54 Å². The molecule has 0 aliphatic carbocycles. The molecule has 1 amide bonds. The minimum atomic E-state index is -0.0418. The zero-order valence-electron chi connectivity index (χ0n) is 17.0. The van der Waals surface area contributed by atoms with Gasteiger partial charge in [-0.15, -0.1) is 10.2 Å². The van der Waals surface area contributed by atoms with Crippen molar-refractivity contribution in [2.75, 3.05) is 27.2 Å². The summed E-state index contributed by atoms with van der Waals surface area (Å²) in [7, 11) is 3.49. The Morgan fingerprint density at radius 3 is 2.87 bits per heavy atom. The van der Waals surface area contributed by atoms with Crippen LogP contribution in [-0.4, -0.2) is 63.3 Å². The van der Waals surface area contributed by atoms with Crippen LogP contribution in [0.4, 0.5) is 0 Å². The van der Waals surface area contributed by atoms with Crippen LogP contribution in [0, 0.1) is 11.3 Å². The molecule has 1 aromatic carbocycles. The van der Waals surface area contributed by atoms with Gasteiger partial charge in [-0.05, 0) is 43.7 Å². The first-order valence-electron chi connectivity index (χ1n) is 9.85. The first-order chi connectivity index (χ1) is 14.5. The minimum Gasteiger partial charge on any atom is -0.419 e. The van der Waals surface area contributed by atoms with Gasteiger partial charge in [0.25, 0.3) is 5.91 Å². The standard InChI is InChI=1S/C21H23N7O2/c1-27(2)21(29)17-11-23-25-19(17)16-4-3-9-28(12-16)13-18-24-26-20(30-18)15-7-5-14(10-22)6-8-15/h5-8,11,16H,3-4,9,12-13H2,1-2H3,(H,23,25). The van der Waals surface area contributed by atoms with E-state index in [1.165, 1.54) is 0 Å². The average molecular weight is 405 g/mol. The number of carbonyl (C=O) groups is 1. The number of nitriles is 1. The normalized spacial score (nSPS) is 16.9. The monoisotopic (exact) mass is 405 g/mol. The molecule has 1 N–H and O–H groups in total. The average Bonchev–Trinajstić information content (AvgIpc) is 3.43. The van der Waals surface area contributed by atoms with Crippen LogP contribution in [0.5, 0.6) is 0 Å². The zero-order valence-corrected chi connectivity index (χ0v) is 17.0. The summed E-state index contributed by atoms with van der Waals surface area (Å²) < 4.78 is 5.84. The Kier molecular flexibility index (Phi) is 5.59. The molecule has 9 heteroatoms. The first-order valence-corrected chi connectivity index (χ1v) is 9.85. The Labute approximate surface area is 174 Å². The maximum atomic E-state index is 12.4. The number of benzene rings is 1. The van der Waals surface area contributed by atoms with Crippen LogP contribution in [0.2, 0.25) is 0 Å². The Bertz CT molecular complexity index is 1060. The molecule has 3 heterocycles. The Balaban J connectivity index is 1.44. The highest BCUT2D eigenvalue weighted by molar-refractivity contribution is 5.94. The largest absolute Gasteiger partial charge is 0.419 e. The fraction of sp³-hybridized carbons (Fsp3) is 0.381. The number of hydrogen-bond donors (Lipinski definition) is 1. The van der Waals surface area contributed by atoms with Crippen molar-refractivity contribution in [3.63, 3.8) is 0 Å². The maximum absolute atomic E-state index is 12.4. The van der Waals surface area contributed by atoms with Crippen LogP contribution < -0.4 is 0 Å². The summed E-state index contributed by atoms with van der Waals surface area (Å²) in [5.74, 6) is 1.14. The lowest BCUT2D eigenvalue weighted by Crippen LogP contribution is -2.35. The van der Waals surface area contributed by atoms with Gasteiger partial charge in [-0.1, -0.05) is 0 Å². The molecule has 154 valence electrons. The summed E-state index contributed by atoms with van der Waals surface area (Å²) in [5, 5.41) is 24.4. The maximum Gasteiger partial charge on any atom is 0.256 e. The van der Waals surface area contributed by atoms with E-state index in [1.54, 1.807) is 49.5 Å². The Morgan fingerprint density at radius 1 is 1.33 bits per heavy atom. The van der Waals surface area contributed by atoms with Gasteiger partial charge in [-0.3, -0.25) is 14.8 Å². The predicted molar refractivity (Wildman–Crippen MR) is 108 cm³/mol. The van der Waals surface area contributed by atoms with Crippen LogP contribution in [0.3, 0.4) is 0 Å². The second kappa shape index (κ2) is 8.47. The molecule has 1 aliphatic heterocycles. The van der Waals surface area contributed by atoms with Crippen molar-refractivity contribution < 1.29 is 9.21 Å². The van der Waals surface area contributed by atoms with E-state index in [4.69, 9.17) is 9.68 Å². The number of rotatable bonds is 5. The third-order valence-electron chi connectivity index (χ3n) is 5.31. The third kappa shape index (κ3) is 4.09. The lowest BCUT2D eigenvalue weighted by molar-refractivity contribution is 0.0824. The van der Waals surface area contributed by atoms with Gasteiger partial charge >= 0.3 is 0 Å². The lowest BCUT2D eigenvalue weighted by Gasteiger charge is -2.31. The van der Waals surface area contributed by atoms with Gasteiger partial charge < -0.3 is 9.32 Å². The minimum absolute atomic E-state index is 0.0418. The molecule has 1 fully saturated rings. The van der Waals surface area contributed by atoms with Gasteiger partial charge in [-0.25, -0.2) is 0 Å². The summed E-state index contributed by atoms with van der Waals surface area (Å²) in [6.07, 6.45) is 3.61. The second-order valence-electron chi connectivity index (χ2n) is 7.66. The van der Waals surface area contributed by atoms with E-state index >= 15 is 0 Å². The summed E-state index contributed by atoms with van der Waals surface area (Å²) in [6, 6.07) is 9.15. The molecule has 1 unspecified atom stereocenters. The van der Waals surface area contributed by atoms with Crippen molar-refractivity contribution in [3.8, 4) is 17.5 Å². The van der Waals surface area contributed by atoms with Gasteiger partial charge in [0.05, 0.1) is 35.6 Å². The van der Waals surface area contributed by atoms with Gasteiger partial charge in [0.1, 0.15) is 0 Å². The third-order valence-corrected chi connectivity index (χ3v) is 5.31. The molecule has 1 aliphatic rings. The van der Waals surface area contributed by atoms with Crippen molar-refractivity contribution in [1.29, 1.82) is 5.26 Å². The Hall–Kier alpha value is -3.51. The smallest absolute Gasteiger partial charge is 0.256 e. The number of H-pyrrole nitrogens is 1. The van der Waals surface area contributed by atoms with Crippen molar-refractivity contribution in [3.05, 3.63) is 53.2 Å². The van der Waals surface area contributed by atoms with E-state index < -0.39 is 0 Å². The van der Waals surface area contributed by atoms with Crippen LogP contribution in [0.15, 0.2) is 34.9 Å². The van der Waals surface area contributed by atoms with E-state index in [0.29, 0.717) is 29.5 Å². The van der Waals surface area contributed by atoms with Gasteiger partial charge in [0, 0.05) is 32.1 Å². The molecule has 4 rings (SSSR count). The van der Waals surface area contributed by atoms with Crippen molar-refractivity contribution in [2.24, 2.45) is 0 Å². The molecule has 1 atom stereocenters. The van der Waals surface area contributed by atoms with E-state index in [9.17, 15) is 4.79 Å². The second-order valence-corrected chi connectivity index (χ2v) is 7.66. The molecule has 30 heavy (non-hydrogen) atoms. The molecular formula is C21H23N7O2. The van der Waals surface area contributed by atoms with E-state index in [1.807, 2.05) is 0 Å². The summed E-state index contributed by atoms with van der Waals surface area (Å²) >= 11 is 0. The molecule has 3 aromatic rings. The molecule has 0 bridgehead atoms. The lowest BCUT2D eigenvalue weighted by atomic mass is 9.92. The van der Waals surface area contributed by atoms with E-state index in [-0.39, 0.29) is 11.8 Å². The molecule has 9 nitrogen and oxygen atoms in total. The summed E-state index contributed by atoms with van der Waals surface area (Å²) in [5.41, 5.74) is 2.90. The molecule has 1 saturated heterocycles. The number of amides is 1. The molecule has 0 saturated carbocycles. The van der Waals surface area contributed by atoms with Crippen molar-refractivity contribution in [2.45, 2.75) is 25.3 Å². The van der Waals surface area contributed by atoms with Gasteiger partial charge in [0.2, 0.25) is 11.8 Å². The fourth-order valence-electron chi connectivity index (χ4n) is 3.77. The van der Waals surface area contributed by atoms with Crippen molar-refractivity contribution in [1.82, 2.24) is 30.2 Å². The number of nitrogens with one attached hydrogen (secondary N) is 1. The van der Waals surface area contributed by atoms with Gasteiger partial charge in [0.15, 0.2) is 0 Å². The van der Waals surface area contributed by atoms with Crippen LogP contribution >= 0.6 is 0 Å². The highest BCUT2D eigenvalue weighted by atomic mass is 16.4. The number of aromatic amines is 1. The highest BCUT2D eigenvalue weighted by Gasteiger charge is 2.28. The number of piperidine rings is 1. The quantitative estimate of drug-likeness (QED) is 0.693. The summed E-state index contributed by atoms with van der Waals surface area (Å²) in [4.78, 5) is 16.2. The van der Waals surface area contributed by atoms with Crippen LogP contribution in [0.1, 0.15) is 46.3 Å². The molecular weight excluding hydrogens is 382 g/mol.